The van der Waals surface area contributed by atoms with Crippen LogP contribution in [0.5, 0.6) is 23.0 Å². The molecule has 25 heteroatoms. The maximum atomic E-state index is 15.6. The lowest BCUT2D eigenvalue weighted by molar-refractivity contribution is -0.275. The number of likely N-dealkylation sites (tertiary alicyclic amines) is 2. The first-order chi connectivity index (χ1) is 38.9. The number of hydrogen-bond acceptors (Lipinski definition) is 14. The highest BCUT2D eigenvalue weighted by atomic mass is 32.2. The summed E-state index contributed by atoms with van der Waals surface area (Å²) in [6.07, 6.45) is -5.90. The van der Waals surface area contributed by atoms with E-state index in [0.717, 1.165) is 87.8 Å². The third-order valence-electron chi connectivity index (χ3n) is 15.9. The van der Waals surface area contributed by atoms with Crippen LogP contribution in [-0.4, -0.2) is 127 Å². The van der Waals surface area contributed by atoms with Gasteiger partial charge in [0.05, 0.1) is 44.5 Å². The number of fused-ring (bicyclic) bond motifs is 2. The second kappa shape index (κ2) is 23.7. The molecule has 0 bridgehead atoms. The second-order valence-electron chi connectivity index (χ2n) is 21.1. The molecule has 0 aliphatic carbocycles. The highest BCUT2D eigenvalue weighted by molar-refractivity contribution is 7.92. The van der Waals surface area contributed by atoms with Gasteiger partial charge in [-0.1, -0.05) is 19.8 Å². The normalized spacial score (nSPS) is 18.3. The molecule has 0 radical (unpaired) electrons. The number of sulfone groups is 2. The van der Waals surface area contributed by atoms with E-state index < -0.39 is 71.7 Å². The summed E-state index contributed by atoms with van der Waals surface area (Å²) in [5.41, 5.74) is 1.07. The van der Waals surface area contributed by atoms with Gasteiger partial charge in [0.2, 0.25) is 19.7 Å². The zero-order chi connectivity index (χ0) is 58.2. The first kappa shape index (κ1) is 58.9. The van der Waals surface area contributed by atoms with Crippen LogP contribution in [0.15, 0.2) is 111 Å². The zero-order valence-electron chi connectivity index (χ0n) is 44.7. The minimum Gasteiger partial charge on any atom is -0.494 e. The van der Waals surface area contributed by atoms with Crippen molar-refractivity contribution in [3.05, 3.63) is 96.8 Å². The number of rotatable bonds is 16. The fraction of sp³-hybridized carbons (Fsp3) is 0.474. The lowest BCUT2D eigenvalue weighted by Crippen LogP contribution is -2.48. The van der Waals surface area contributed by atoms with Gasteiger partial charge in [0.25, 0.3) is 0 Å². The third kappa shape index (κ3) is 13.4. The number of nitrogens with zero attached hydrogens (tertiary/aromatic N) is 6. The fourth-order valence-corrected chi connectivity index (χ4v) is 15.1. The number of anilines is 2. The molecule has 10 rings (SSSR count). The first-order valence-electron chi connectivity index (χ1n) is 27.4. The highest BCUT2D eigenvalue weighted by Gasteiger charge is 2.40. The summed E-state index contributed by atoms with van der Waals surface area (Å²) >= 11 is 0. The summed E-state index contributed by atoms with van der Waals surface area (Å²) in [5, 5.41) is 0.235. The number of pyridine rings is 2. The van der Waals surface area contributed by atoms with E-state index in [9.17, 15) is 47.9 Å². The molecular weight excluding hydrogens is 1130 g/mol. The van der Waals surface area contributed by atoms with Crippen molar-refractivity contribution < 1.29 is 75.3 Å². The first-order valence-corrected chi connectivity index (χ1v) is 30.4. The van der Waals surface area contributed by atoms with Crippen molar-refractivity contribution in [2.75, 3.05) is 68.8 Å². The summed E-state index contributed by atoms with van der Waals surface area (Å²) in [6, 6.07) is 17.0. The molecule has 2 aromatic heterocycles. The minimum absolute atomic E-state index is 0.0267. The Labute approximate surface area is 468 Å². The van der Waals surface area contributed by atoms with E-state index in [0.29, 0.717) is 88.3 Å². The summed E-state index contributed by atoms with van der Waals surface area (Å²) < 4.78 is 199. The van der Waals surface area contributed by atoms with Crippen molar-refractivity contribution in [3.63, 3.8) is 0 Å². The largest absolute Gasteiger partial charge is 0.573 e. The van der Waals surface area contributed by atoms with E-state index in [-0.39, 0.29) is 62.6 Å². The Kier molecular flexibility index (Phi) is 17.0. The van der Waals surface area contributed by atoms with Crippen molar-refractivity contribution in [3.8, 4) is 23.0 Å². The van der Waals surface area contributed by atoms with Crippen LogP contribution in [0.25, 0.3) is 21.8 Å². The molecule has 4 aliphatic rings. The molecule has 0 atom stereocenters. The van der Waals surface area contributed by atoms with Crippen LogP contribution in [0, 0.1) is 0 Å². The van der Waals surface area contributed by atoms with Crippen molar-refractivity contribution in [1.29, 1.82) is 0 Å². The number of benzene rings is 4. The van der Waals surface area contributed by atoms with Crippen molar-refractivity contribution in [1.82, 2.24) is 19.8 Å². The molecule has 4 aromatic carbocycles. The predicted octanol–water partition coefficient (Wildman–Crippen LogP) is 12.6. The van der Waals surface area contributed by atoms with Crippen LogP contribution < -0.4 is 28.7 Å². The zero-order valence-corrected chi connectivity index (χ0v) is 46.3. The average Bonchev–Trinajstić information content (AvgIpc) is 3.39. The van der Waals surface area contributed by atoms with Gasteiger partial charge in [-0.25, -0.2) is 16.8 Å². The highest BCUT2D eigenvalue weighted by Crippen LogP contribution is 2.47. The van der Waals surface area contributed by atoms with Crippen molar-refractivity contribution in [2.24, 2.45) is 0 Å². The van der Waals surface area contributed by atoms with Crippen LogP contribution in [0.2, 0.25) is 0 Å². The predicted molar refractivity (Wildman–Crippen MR) is 287 cm³/mol. The number of unbranched alkanes of at least 4 members (excludes halogenated alkanes) is 1. The van der Waals surface area contributed by atoms with Gasteiger partial charge in [-0.15, -0.1) is 39.5 Å². The SMILES string of the molecule is CCCCOc1ccc(S(=O)(=O)c2c(C3CCN(C4CCN(c5c(S(=O)(=O)c6ccc(OC(F)(F)F)cc6)cnc6ccc(OC(F)(F)F)cc56)CC4)CC3)nc3ccc(OC(F)(F)F)cc3c2N2CCC(N3CCCCC3)CC2)cc1. The molecule has 4 fully saturated rings. The second-order valence-corrected chi connectivity index (χ2v) is 24.9. The van der Waals surface area contributed by atoms with Gasteiger partial charge in [0.15, 0.2) is 0 Å². The van der Waals surface area contributed by atoms with Crippen LogP contribution in [-0.2, 0) is 19.7 Å². The van der Waals surface area contributed by atoms with E-state index in [2.05, 4.69) is 29.0 Å². The number of hydrogen-bond donors (Lipinski definition) is 0. The number of halogens is 9. The molecule has 0 unspecified atom stereocenters. The molecule has 442 valence electrons. The van der Waals surface area contributed by atoms with Gasteiger partial charge in [-0.3, -0.25) is 9.97 Å². The molecular formula is C57H61F9N6O8S2. The van der Waals surface area contributed by atoms with Gasteiger partial charge in [0.1, 0.15) is 32.8 Å². The van der Waals surface area contributed by atoms with Crippen molar-refractivity contribution in [2.45, 2.75) is 134 Å². The number of alkyl halides is 9. The van der Waals surface area contributed by atoms with Gasteiger partial charge in [-0.2, -0.15) is 0 Å². The molecule has 0 amide bonds. The van der Waals surface area contributed by atoms with E-state index in [1.165, 1.54) is 36.4 Å². The molecule has 0 saturated carbocycles. The van der Waals surface area contributed by atoms with Gasteiger partial charge in [-0.05, 0) is 169 Å². The number of ether oxygens (including phenoxy) is 4. The monoisotopic (exact) mass is 1190 g/mol. The molecule has 6 aromatic rings. The smallest absolute Gasteiger partial charge is 0.494 e. The van der Waals surface area contributed by atoms with E-state index in [1.54, 1.807) is 17.0 Å². The Morgan fingerprint density at radius 3 is 1.52 bits per heavy atom. The molecule has 82 heavy (non-hydrogen) atoms. The summed E-state index contributed by atoms with van der Waals surface area (Å²) in [4.78, 5) is 16.9. The van der Waals surface area contributed by atoms with Gasteiger partial charge >= 0.3 is 19.1 Å². The van der Waals surface area contributed by atoms with E-state index in [4.69, 9.17) is 9.72 Å². The molecule has 0 spiro atoms. The molecule has 6 heterocycles. The van der Waals surface area contributed by atoms with E-state index in [1.807, 2.05) is 11.8 Å². The fourth-order valence-electron chi connectivity index (χ4n) is 12.0. The van der Waals surface area contributed by atoms with Gasteiger partial charge < -0.3 is 38.5 Å². The van der Waals surface area contributed by atoms with Crippen molar-refractivity contribution >= 4 is 52.9 Å². The van der Waals surface area contributed by atoms with E-state index >= 15 is 8.42 Å². The number of aromatic nitrogens is 2. The summed E-state index contributed by atoms with van der Waals surface area (Å²) in [6.45, 7) is 6.63. The topological polar surface area (TPSA) is 144 Å². The Bertz CT molecular complexity index is 3450. The maximum Gasteiger partial charge on any atom is 0.573 e. The summed E-state index contributed by atoms with van der Waals surface area (Å²) in [7, 11) is -9.05. The standard InChI is InChI=1S/C57H61F9N6O8S2/c1-2-3-33-77-40-7-13-45(14-8-40)82(75,76)54-51(68-49-18-12-43(80-57(64,65)66)35-47(49)53(54)72-31-23-38(24-32-72)69-25-5-4-6-26-69)37-19-27-70(28-20-37)39-21-29-71(30-22-39)52-46-34-42(79-56(61,62)63)11-17-48(46)67-36-50(52)81(73,74)44-15-9-41(10-16-44)78-55(58,59)60/h7-18,34-39H,2-6,19-33H2,1H3. The van der Waals surface area contributed by atoms with Gasteiger partial charge in [0, 0.05) is 61.1 Å². The number of piperidine rings is 4. The Morgan fingerprint density at radius 1 is 0.524 bits per heavy atom. The Morgan fingerprint density at radius 2 is 0.988 bits per heavy atom. The maximum absolute atomic E-state index is 15.6. The molecule has 4 aliphatic heterocycles. The van der Waals surface area contributed by atoms with Crippen LogP contribution in [0.3, 0.4) is 0 Å². The molecule has 14 nitrogen and oxygen atoms in total. The molecule has 4 saturated heterocycles. The minimum atomic E-state index is -5.09. The quantitative estimate of drug-likeness (QED) is 0.0669. The summed E-state index contributed by atoms with van der Waals surface area (Å²) in [5.74, 6) is -1.77. The lowest BCUT2D eigenvalue weighted by Gasteiger charge is -2.43. The lowest BCUT2D eigenvalue weighted by atomic mass is 9.89. The van der Waals surface area contributed by atoms with Crippen LogP contribution >= 0.6 is 0 Å². The third-order valence-corrected chi connectivity index (χ3v) is 19.5. The van der Waals surface area contributed by atoms with Crippen LogP contribution in [0.4, 0.5) is 50.9 Å². The average molecular weight is 1190 g/mol. The molecule has 0 N–H and O–H groups in total. The Balaban J connectivity index is 0.959. The van der Waals surface area contributed by atoms with Crippen LogP contribution in [0.1, 0.15) is 89.2 Å². The Hall–Kier alpha value is -6.31.